The first-order chi connectivity index (χ1) is 14.5. The van der Waals surface area contributed by atoms with Gasteiger partial charge >= 0.3 is 0 Å². The number of likely N-dealkylation sites (N-methyl/N-ethyl adjacent to an activating group) is 2. The number of halogens is 1. The Labute approximate surface area is 204 Å². The van der Waals surface area contributed by atoms with Crippen LogP contribution in [-0.2, 0) is 17.9 Å². The van der Waals surface area contributed by atoms with E-state index in [2.05, 4.69) is 34.5 Å². The SMILES string of the molecule is CCNC(=NCc1ccc(CN2CCC(O)CC2)cc1)N(C)CC(=O)N(CC)CC.I. The number of nitrogens with zero attached hydrogens (tertiary/aromatic N) is 4. The Morgan fingerprint density at radius 2 is 1.71 bits per heavy atom. The molecule has 1 aromatic rings. The van der Waals surface area contributed by atoms with Crippen molar-refractivity contribution in [2.75, 3.05) is 46.3 Å². The van der Waals surface area contributed by atoms with Crippen molar-refractivity contribution >= 4 is 35.8 Å². The van der Waals surface area contributed by atoms with E-state index in [-0.39, 0.29) is 36.0 Å². The Kier molecular flexibility index (Phi) is 13.0. The normalized spacial score (nSPS) is 15.3. The fraction of sp³-hybridized carbons (Fsp3) is 0.652. The number of carbonyl (C=O) groups excluding carboxylic acids is 1. The maximum atomic E-state index is 12.4. The van der Waals surface area contributed by atoms with Gasteiger partial charge in [-0.15, -0.1) is 24.0 Å². The minimum Gasteiger partial charge on any atom is -0.393 e. The zero-order valence-electron chi connectivity index (χ0n) is 19.5. The molecule has 176 valence electrons. The molecule has 0 bridgehead atoms. The van der Waals surface area contributed by atoms with Crippen molar-refractivity contribution in [2.45, 2.75) is 52.8 Å². The van der Waals surface area contributed by atoms with Gasteiger partial charge in [-0.2, -0.15) is 0 Å². The Balaban J connectivity index is 0.00000480. The second-order valence-corrected chi connectivity index (χ2v) is 7.92. The van der Waals surface area contributed by atoms with Crippen LogP contribution in [0.1, 0.15) is 44.7 Å². The molecule has 0 unspecified atom stereocenters. The molecule has 0 aromatic heterocycles. The molecule has 0 radical (unpaired) electrons. The van der Waals surface area contributed by atoms with Crippen molar-refractivity contribution in [3.05, 3.63) is 35.4 Å². The van der Waals surface area contributed by atoms with Crippen LogP contribution in [0.3, 0.4) is 0 Å². The molecule has 31 heavy (non-hydrogen) atoms. The third-order valence-electron chi connectivity index (χ3n) is 5.58. The zero-order chi connectivity index (χ0) is 21.9. The average molecular weight is 546 g/mol. The van der Waals surface area contributed by atoms with Crippen LogP contribution in [0.4, 0.5) is 0 Å². The number of nitrogens with one attached hydrogen (secondary N) is 1. The topological polar surface area (TPSA) is 71.4 Å². The quantitative estimate of drug-likeness (QED) is 0.284. The summed E-state index contributed by atoms with van der Waals surface area (Å²) in [6, 6.07) is 8.58. The van der Waals surface area contributed by atoms with Gasteiger partial charge in [-0.3, -0.25) is 9.69 Å². The van der Waals surface area contributed by atoms with Crippen molar-refractivity contribution in [3.8, 4) is 0 Å². The number of piperidine rings is 1. The molecule has 2 rings (SSSR count). The predicted octanol–water partition coefficient (Wildman–Crippen LogP) is 2.53. The summed E-state index contributed by atoms with van der Waals surface area (Å²) in [5.41, 5.74) is 2.43. The highest BCUT2D eigenvalue weighted by Crippen LogP contribution is 2.14. The number of hydrogen-bond donors (Lipinski definition) is 2. The summed E-state index contributed by atoms with van der Waals surface area (Å²) in [5.74, 6) is 0.858. The molecule has 1 aromatic carbocycles. The number of likely N-dealkylation sites (tertiary alicyclic amines) is 1. The Bertz CT molecular complexity index is 671. The zero-order valence-corrected chi connectivity index (χ0v) is 21.8. The third-order valence-corrected chi connectivity index (χ3v) is 5.58. The Morgan fingerprint density at radius 1 is 1.13 bits per heavy atom. The lowest BCUT2D eigenvalue weighted by molar-refractivity contribution is -0.131. The highest BCUT2D eigenvalue weighted by molar-refractivity contribution is 14.0. The number of aliphatic imine (C=N–C) groups is 1. The van der Waals surface area contributed by atoms with Gasteiger partial charge < -0.3 is 20.2 Å². The first-order valence-corrected chi connectivity index (χ1v) is 11.2. The number of benzene rings is 1. The summed E-state index contributed by atoms with van der Waals surface area (Å²) in [6.07, 6.45) is 1.60. The molecule has 1 heterocycles. The van der Waals surface area contributed by atoms with Crippen LogP contribution in [0, 0.1) is 0 Å². The summed E-state index contributed by atoms with van der Waals surface area (Å²) >= 11 is 0. The minimum atomic E-state index is -0.132. The van der Waals surface area contributed by atoms with Crippen LogP contribution >= 0.6 is 24.0 Å². The highest BCUT2D eigenvalue weighted by atomic mass is 127. The molecule has 8 heteroatoms. The van der Waals surface area contributed by atoms with Gasteiger partial charge in [0.2, 0.25) is 5.91 Å². The Hall–Kier alpha value is -1.39. The number of hydrogen-bond acceptors (Lipinski definition) is 4. The molecule has 0 aliphatic carbocycles. The molecular weight excluding hydrogens is 505 g/mol. The number of aliphatic hydroxyl groups excluding tert-OH is 1. The second kappa shape index (κ2) is 14.6. The van der Waals surface area contributed by atoms with Crippen LogP contribution in [-0.4, -0.2) is 84.1 Å². The molecule has 0 atom stereocenters. The van der Waals surface area contributed by atoms with Crippen LogP contribution in [0.25, 0.3) is 0 Å². The molecule has 0 spiro atoms. The van der Waals surface area contributed by atoms with E-state index >= 15 is 0 Å². The number of amides is 1. The van der Waals surface area contributed by atoms with Gasteiger partial charge in [0.15, 0.2) is 5.96 Å². The van der Waals surface area contributed by atoms with Crippen molar-refractivity contribution in [2.24, 2.45) is 4.99 Å². The number of aliphatic hydroxyl groups is 1. The summed E-state index contributed by atoms with van der Waals surface area (Å²) in [6.45, 7) is 12.0. The van der Waals surface area contributed by atoms with Crippen LogP contribution in [0.5, 0.6) is 0 Å². The van der Waals surface area contributed by atoms with E-state index in [1.54, 1.807) is 0 Å². The largest absolute Gasteiger partial charge is 0.393 e. The molecule has 1 aliphatic rings. The first-order valence-electron chi connectivity index (χ1n) is 11.2. The summed E-state index contributed by atoms with van der Waals surface area (Å²) < 4.78 is 0. The lowest BCUT2D eigenvalue weighted by Gasteiger charge is -2.29. The van der Waals surface area contributed by atoms with Gasteiger partial charge in [0.25, 0.3) is 0 Å². The fourth-order valence-corrected chi connectivity index (χ4v) is 3.68. The highest BCUT2D eigenvalue weighted by Gasteiger charge is 2.17. The third kappa shape index (κ3) is 9.33. The van der Waals surface area contributed by atoms with E-state index in [1.165, 1.54) is 5.56 Å². The van der Waals surface area contributed by atoms with Gasteiger partial charge in [0.1, 0.15) is 0 Å². The van der Waals surface area contributed by atoms with E-state index in [0.29, 0.717) is 13.1 Å². The monoisotopic (exact) mass is 545 g/mol. The van der Waals surface area contributed by atoms with Gasteiger partial charge in [-0.25, -0.2) is 4.99 Å². The van der Waals surface area contributed by atoms with E-state index in [9.17, 15) is 9.90 Å². The molecular formula is C23H40IN5O2. The van der Waals surface area contributed by atoms with Gasteiger partial charge in [0, 0.05) is 46.3 Å². The molecule has 1 fully saturated rings. The van der Waals surface area contributed by atoms with E-state index in [0.717, 1.165) is 63.6 Å². The molecule has 1 aliphatic heterocycles. The summed E-state index contributed by atoms with van der Waals surface area (Å²) in [7, 11) is 1.90. The van der Waals surface area contributed by atoms with E-state index < -0.39 is 0 Å². The first kappa shape index (κ1) is 27.6. The molecule has 1 amide bonds. The summed E-state index contributed by atoms with van der Waals surface area (Å²) in [4.78, 5) is 23.2. The van der Waals surface area contributed by atoms with E-state index in [4.69, 9.17) is 4.99 Å². The smallest absolute Gasteiger partial charge is 0.242 e. The summed E-state index contributed by atoms with van der Waals surface area (Å²) in [5, 5.41) is 12.9. The molecule has 1 saturated heterocycles. The van der Waals surface area contributed by atoms with Crippen molar-refractivity contribution < 1.29 is 9.90 Å². The second-order valence-electron chi connectivity index (χ2n) is 7.92. The van der Waals surface area contributed by atoms with Crippen LogP contribution < -0.4 is 5.32 Å². The maximum Gasteiger partial charge on any atom is 0.242 e. The maximum absolute atomic E-state index is 12.4. The van der Waals surface area contributed by atoms with Crippen molar-refractivity contribution in [1.82, 2.24) is 20.0 Å². The fourth-order valence-electron chi connectivity index (χ4n) is 3.68. The minimum absolute atomic E-state index is 0. The average Bonchev–Trinajstić information content (AvgIpc) is 2.74. The number of rotatable bonds is 9. The van der Waals surface area contributed by atoms with Gasteiger partial charge in [0.05, 0.1) is 19.2 Å². The van der Waals surface area contributed by atoms with Crippen LogP contribution in [0.2, 0.25) is 0 Å². The Morgan fingerprint density at radius 3 is 2.26 bits per heavy atom. The number of carbonyl (C=O) groups is 1. The molecule has 2 N–H and O–H groups in total. The predicted molar refractivity (Wildman–Crippen MR) is 138 cm³/mol. The molecule has 0 saturated carbocycles. The standard InChI is InChI=1S/C23H39N5O2.HI/c1-5-24-23(26(4)18-22(30)28(6-2)7-3)25-16-19-8-10-20(11-9-19)17-27-14-12-21(29)13-15-27;/h8-11,21,29H,5-7,12-18H2,1-4H3,(H,24,25);1H. The van der Waals surface area contributed by atoms with Gasteiger partial charge in [-0.05, 0) is 44.7 Å². The lowest BCUT2D eigenvalue weighted by atomic mass is 10.1. The van der Waals surface area contributed by atoms with Crippen molar-refractivity contribution in [1.29, 1.82) is 0 Å². The van der Waals surface area contributed by atoms with Gasteiger partial charge in [-0.1, -0.05) is 24.3 Å². The molecule has 7 nitrogen and oxygen atoms in total. The number of guanidine groups is 1. The van der Waals surface area contributed by atoms with Crippen molar-refractivity contribution in [3.63, 3.8) is 0 Å². The van der Waals surface area contributed by atoms with E-state index in [1.807, 2.05) is 37.6 Å². The lowest BCUT2D eigenvalue weighted by Crippen LogP contribution is -2.45. The van der Waals surface area contributed by atoms with Crippen LogP contribution in [0.15, 0.2) is 29.3 Å².